The Morgan fingerprint density at radius 3 is 1.75 bits per heavy atom. The van der Waals surface area contributed by atoms with Crippen LogP contribution in [0.2, 0.25) is 0 Å². The quantitative estimate of drug-likeness (QED) is 0.384. The number of hydrogen-bond donors (Lipinski definition) is 1. The van der Waals surface area contributed by atoms with Gasteiger partial charge in [0, 0.05) is 5.75 Å². The summed E-state index contributed by atoms with van der Waals surface area (Å²) in [6.45, 7) is 0. The van der Waals surface area contributed by atoms with Gasteiger partial charge in [0.05, 0.1) is 15.9 Å². The second kappa shape index (κ2) is 5.53. The molecule has 68 valence electrons. The van der Waals surface area contributed by atoms with E-state index >= 15 is 0 Å². The van der Waals surface area contributed by atoms with E-state index in [1.54, 1.807) is 0 Å². The van der Waals surface area contributed by atoms with E-state index in [0.29, 0.717) is 0 Å². The topological polar surface area (TPSA) is 112 Å². The molecule has 0 fully saturated rings. The van der Waals surface area contributed by atoms with E-state index in [2.05, 4.69) is 0 Å². The van der Waals surface area contributed by atoms with Crippen LogP contribution in [0.4, 0.5) is 0 Å². The third kappa shape index (κ3) is 13.4. The molecular weight excluding hydrogens is 219 g/mol. The van der Waals surface area contributed by atoms with Gasteiger partial charge >= 0.3 is 29.6 Å². The van der Waals surface area contributed by atoms with Gasteiger partial charge in [-0.1, -0.05) is 0 Å². The summed E-state index contributed by atoms with van der Waals surface area (Å²) in [5.74, 6) is -1.47. The molecule has 0 spiro atoms. The van der Waals surface area contributed by atoms with Crippen molar-refractivity contribution in [3.8, 4) is 0 Å². The summed E-state index contributed by atoms with van der Waals surface area (Å²) in [5.41, 5.74) is 0. The molecule has 0 unspecified atom stereocenters. The van der Waals surface area contributed by atoms with Crippen LogP contribution in [0.5, 0.6) is 0 Å². The van der Waals surface area contributed by atoms with Crippen molar-refractivity contribution in [3.05, 3.63) is 0 Å². The monoisotopic (exact) mass is 226 g/mol. The Hall–Kier alpha value is 0.820. The van der Waals surface area contributed by atoms with Gasteiger partial charge < -0.3 is 4.55 Å². The molecule has 6 nitrogen and oxygen atoms in total. The van der Waals surface area contributed by atoms with Crippen LogP contribution in [0.1, 0.15) is 6.42 Å². The molecule has 0 aromatic carbocycles. The summed E-state index contributed by atoms with van der Waals surface area (Å²) in [5, 5.41) is 0. The van der Waals surface area contributed by atoms with Crippen molar-refractivity contribution in [2.24, 2.45) is 0 Å². The first kappa shape index (κ1) is 15.3. The van der Waals surface area contributed by atoms with Crippen molar-refractivity contribution in [2.75, 3.05) is 11.5 Å². The van der Waals surface area contributed by atoms with Crippen molar-refractivity contribution < 1.29 is 55.5 Å². The molecule has 0 saturated carbocycles. The van der Waals surface area contributed by atoms with Crippen LogP contribution in [0.25, 0.3) is 0 Å². The number of hydrogen-bond acceptors (Lipinski definition) is 5. The van der Waals surface area contributed by atoms with Gasteiger partial charge in [-0.25, -0.2) is 8.42 Å². The molecule has 0 radical (unpaired) electrons. The second-order valence-electron chi connectivity index (χ2n) is 1.90. The molecule has 0 amide bonds. The van der Waals surface area contributed by atoms with Crippen molar-refractivity contribution in [2.45, 2.75) is 6.42 Å². The van der Waals surface area contributed by atoms with Crippen LogP contribution in [-0.2, 0) is 20.2 Å². The molecule has 0 rings (SSSR count). The summed E-state index contributed by atoms with van der Waals surface area (Å²) >= 11 is 0. The third-order valence-corrected chi connectivity index (χ3v) is 2.39. The fraction of sp³-hybridized carbons (Fsp3) is 1.00. The fourth-order valence-electron chi connectivity index (χ4n) is 0.418. The van der Waals surface area contributed by atoms with E-state index in [4.69, 9.17) is 4.55 Å². The summed E-state index contributed by atoms with van der Waals surface area (Å²) in [6.07, 6.45) is -0.370. The Morgan fingerprint density at radius 2 is 1.50 bits per heavy atom. The first-order valence-corrected chi connectivity index (χ1v) is 5.78. The summed E-state index contributed by atoms with van der Waals surface area (Å²) in [4.78, 5) is 0. The first-order valence-electron chi connectivity index (χ1n) is 2.59. The largest absolute Gasteiger partial charge is 1.00 e. The zero-order valence-electron chi connectivity index (χ0n) is 6.43. The summed E-state index contributed by atoms with van der Waals surface area (Å²) < 4.78 is 57.7. The van der Waals surface area contributed by atoms with Crippen molar-refractivity contribution in [1.82, 2.24) is 0 Å². The average Bonchev–Trinajstić information content (AvgIpc) is 1.55. The zero-order chi connectivity index (χ0) is 9.12. The van der Waals surface area contributed by atoms with Crippen LogP contribution in [0.3, 0.4) is 0 Å². The maximum Gasteiger partial charge on any atom is 1.00 e. The van der Waals surface area contributed by atoms with E-state index in [1.165, 1.54) is 0 Å². The van der Waals surface area contributed by atoms with Gasteiger partial charge in [-0.2, -0.15) is 8.42 Å². The molecule has 0 aromatic rings. The van der Waals surface area contributed by atoms with E-state index < -0.39 is 31.7 Å². The van der Waals surface area contributed by atoms with Crippen molar-refractivity contribution >= 4 is 20.2 Å². The van der Waals surface area contributed by atoms with Gasteiger partial charge in [-0.3, -0.25) is 4.55 Å². The minimum atomic E-state index is -4.37. The summed E-state index contributed by atoms with van der Waals surface area (Å²) in [7, 11) is -8.52. The van der Waals surface area contributed by atoms with Crippen LogP contribution in [0, 0.1) is 0 Å². The van der Waals surface area contributed by atoms with Crippen LogP contribution < -0.4 is 29.6 Å². The van der Waals surface area contributed by atoms with Gasteiger partial charge in [0.25, 0.3) is 10.1 Å². The molecule has 0 aromatic heterocycles. The normalized spacial score (nSPS) is 12.2. The molecule has 0 aliphatic carbocycles. The third-order valence-electron chi connectivity index (χ3n) is 0.797. The second-order valence-corrected chi connectivity index (χ2v) is 5.00. The van der Waals surface area contributed by atoms with E-state index in [9.17, 15) is 21.4 Å². The SMILES string of the molecule is O=S(=O)([O-])CCCS(=O)(=O)O.[Na+]. The molecular formula is C3H7NaO6S2. The smallest absolute Gasteiger partial charge is 0.748 e. The molecule has 0 heterocycles. The Labute approximate surface area is 93.1 Å². The maximum absolute atomic E-state index is 9.98. The average molecular weight is 226 g/mol. The van der Waals surface area contributed by atoms with Crippen LogP contribution >= 0.6 is 0 Å². The Bertz CT molecular complexity index is 270. The van der Waals surface area contributed by atoms with Gasteiger partial charge in [0.2, 0.25) is 0 Å². The van der Waals surface area contributed by atoms with Gasteiger partial charge in [-0.15, -0.1) is 0 Å². The van der Waals surface area contributed by atoms with Crippen LogP contribution in [0.15, 0.2) is 0 Å². The fourth-order valence-corrected chi connectivity index (χ4v) is 1.61. The Morgan fingerprint density at radius 1 is 1.08 bits per heavy atom. The number of rotatable bonds is 4. The van der Waals surface area contributed by atoms with Crippen molar-refractivity contribution in [1.29, 1.82) is 0 Å². The van der Waals surface area contributed by atoms with E-state index in [0.717, 1.165) is 0 Å². The molecule has 0 atom stereocenters. The molecule has 0 saturated heterocycles. The molecule has 0 aliphatic rings. The minimum Gasteiger partial charge on any atom is -0.748 e. The van der Waals surface area contributed by atoms with Gasteiger partial charge in [0.15, 0.2) is 0 Å². The van der Waals surface area contributed by atoms with E-state index in [-0.39, 0.29) is 36.0 Å². The molecule has 0 aliphatic heterocycles. The summed E-state index contributed by atoms with van der Waals surface area (Å²) in [6, 6.07) is 0. The molecule has 9 heteroatoms. The zero-order valence-corrected chi connectivity index (χ0v) is 10.1. The molecule has 12 heavy (non-hydrogen) atoms. The molecule has 0 bridgehead atoms. The standard InChI is InChI=1S/C3H8O6S2.Na/c4-10(5,6)2-1-3-11(7,8)9;/h1-3H2,(H,4,5,6)(H,7,8,9);/q;+1/p-1. The van der Waals surface area contributed by atoms with E-state index in [1.807, 2.05) is 0 Å². The molecule has 1 N–H and O–H groups in total. The minimum absolute atomic E-state index is 0. The predicted molar refractivity (Wildman–Crippen MR) is 35.6 cm³/mol. The Balaban J connectivity index is 0. The van der Waals surface area contributed by atoms with Crippen molar-refractivity contribution in [3.63, 3.8) is 0 Å². The maximum atomic E-state index is 9.98. The van der Waals surface area contributed by atoms with Gasteiger partial charge in [-0.05, 0) is 6.42 Å². The Kier molecular flexibility index (Phi) is 7.05. The van der Waals surface area contributed by atoms with Crippen LogP contribution in [-0.4, -0.2) is 37.4 Å². The predicted octanol–water partition coefficient (Wildman–Crippen LogP) is -4.19. The van der Waals surface area contributed by atoms with Gasteiger partial charge in [0.1, 0.15) is 0 Å². The first-order chi connectivity index (χ1) is 4.71.